The minimum atomic E-state index is -0.276. The van der Waals surface area contributed by atoms with Gasteiger partial charge < -0.3 is 10.0 Å². The van der Waals surface area contributed by atoms with E-state index in [1.807, 2.05) is 4.90 Å². The van der Waals surface area contributed by atoms with Crippen LogP contribution in [0.3, 0.4) is 0 Å². The van der Waals surface area contributed by atoms with Crippen LogP contribution in [0.1, 0.15) is 19.3 Å². The number of halogens is 1. The number of hydrogen-bond donors (Lipinski definition) is 1. The normalized spacial score (nSPS) is 19.1. The number of rotatable bonds is 5. The summed E-state index contributed by atoms with van der Waals surface area (Å²) < 4.78 is 13.5. The monoisotopic (exact) mass is 297 g/mol. The van der Waals surface area contributed by atoms with Gasteiger partial charge in [-0.25, -0.2) is 4.39 Å². The van der Waals surface area contributed by atoms with Crippen LogP contribution >= 0.6 is 11.8 Å². The SMILES string of the molecule is O=C(CSc1ccccc1F)N1CCCC(CCO)C1. The highest BCUT2D eigenvalue weighted by atomic mass is 32.2. The first kappa shape index (κ1) is 15.3. The summed E-state index contributed by atoms with van der Waals surface area (Å²) in [5.74, 6) is 0.450. The number of benzene rings is 1. The zero-order valence-electron chi connectivity index (χ0n) is 11.4. The third kappa shape index (κ3) is 4.21. The van der Waals surface area contributed by atoms with Crippen LogP contribution in [-0.2, 0) is 4.79 Å². The molecule has 3 nitrogen and oxygen atoms in total. The van der Waals surface area contributed by atoms with E-state index in [1.54, 1.807) is 18.2 Å². The molecule has 110 valence electrons. The molecule has 0 spiro atoms. The van der Waals surface area contributed by atoms with Crippen molar-refractivity contribution in [1.29, 1.82) is 0 Å². The molecule has 0 aliphatic carbocycles. The highest BCUT2D eigenvalue weighted by Gasteiger charge is 2.23. The zero-order chi connectivity index (χ0) is 14.4. The number of nitrogens with zero attached hydrogens (tertiary/aromatic N) is 1. The molecule has 1 N–H and O–H groups in total. The van der Waals surface area contributed by atoms with Crippen molar-refractivity contribution >= 4 is 17.7 Å². The number of hydrogen-bond acceptors (Lipinski definition) is 3. The molecule has 1 heterocycles. The summed E-state index contributed by atoms with van der Waals surface area (Å²) >= 11 is 1.25. The Morgan fingerprint density at radius 3 is 3.00 bits per heavy atom. The number of piperidine rings is 1. The van der Waals surface area contributed by atoms with Crippen LogP contribution in [0.15, 0.2) is 29.2 Å². The topological polar surface area (TPSA) is 40.5 Å². The fourth-order valence-electron chi connectivity index (χ4n) is 2.50. The summed E-state index contributed by atoms with van der Waals surface area (Å²) in [6.45, 7) is 1.67. The first-order valence-corrected chi connectivity index (χ1v) is 7.95. The van der Waals surface area contributed by atoms with Crippen LogP contribution in [0.25, 0.3) is 0 Å². The molecule has 1 aliphatic heterocycles. The van der Waals surface area contributed by atoms with Crippen molar-refractivity contribution in [2.45, 2.75) is 24.2 Å². The zero-order valence-corrected chi connectivity index (χ0v) is 12.2. The van der Waals surface area contributed by atoms with Gasteiger partial charge in [0.15, 0.2) is 0 Å². The summed E-state index contributed by atoms with van der Waals surface area (Å²) in [7, 11) is 0. The summed E-state index contributed by atoms with van der Waals surface area (Å²) in [6, 6.07) is 6.52. The van der Waals surface area contributed by atoms with E-state index >= 15 is 0 Å². The summed E-state index contributed by atoms with van der Waals surface area (Å²) in [5, 5.41) is 8.98. The summed E-state index contributed by atoms with van der Waals surface area (Å²) in [6.07, 6.45) is 2.82. The molecule has 1 amide bonds. The Kier molecular flexibility index (Phi) is 5.86. The van der Waals surface area contributed by atoms with Crippen molar-refractivity contribution < 1.29 is 14.3 Å². The Morgan fingerprint density at radius 1 is 1.45 bits per heavy atom. The van der Waals surface area contributed by atoms with Crippen molar-refractivity contribution in [1.82, 2.24) is 4.90 Å². The van der Waals surface area contributed by atoms with Gasteiger partial charge in [0.1, 0.15) is 5.82 Å². The number of amides is 1. The van der Waals surface area contributed by atoms with Crippen molar-refractivity contribution in [2.75, 3.05) is 25.4 Å². The van der Waals surface area contributed by atoms with E-state index in [0.717, 1.165) is 32.4 Å². The van der Waals surface area contributed by atoms with Crippen LogP contribution in [0.4, 0.5) is 4.39 Å². The lowest BCUT2D eigenvalue weighted by Gasteiger charge is -2.32. The maximum atomic E-state index is 13.5. The average Bonchev–Trinajstić information content (AvgIpc) is 2.47. The second-order valence-corrected chi connectivity index (χ2v) is 6.10. The van der Waals surface area contributed by atoms with E-state index in [9.17, 15) is 9.18 Å². The molecule has 5 heteroatoms. The van der Waals surface area contributed by atoms with E-state index in [2.05, 4.69) is 0 Å². The number of carbonyl (C=O) groups is 1. The van der Waals surface area contributed by atoms with E-state index in [-0.39, 0.29) is 24.1 Å². The number of likely N-dealkylation sites (tertiary alicyclic amines) is 1. The van der Waals surface area contributed by atoms with E-state index in [1.165, 1.54) is 17.8 Å². The minimum Gasteiger partial charge on any atom is -0.396 e. The molecule has 0 saturated carbocycles. The van der Waals surface area contributed by atoms with Gasteiger partial charge in [-0.05, 0) is 37.3 Å². The van der Waals surface area contributed by atoms with Gasteiger partial charge in [0.2, 0.25) is 5.91 Å². The maximum absolute atomic E-state index is 13.5. The first-order chi connectivity index (χ1) is 9.70. The van der Waals surface area contributed by atoms with Gasteiger partial charge in [0.25, 0.3) is 0 Å². The second kappa shape index (κ2) is 7.64. The van der Waals surface area contributed by atoms with Crippen molar-refractivity contribution in [3.05, 3.63) is 30.1 Å². The molecular formula is C15H20FNO2S. The predicted molar refractivity (Wildman–Crippen MR) is 78.1 cm³/mol. The molecule has 2 rings (SSSR count). The standard InChI is InChI=1S/C15H20FNO2S/c16-13-5-1-2-6-14(13)20-11-15(19)17-8-3-4-12(10-17)7-9-18/h1-2,5-6,12,18H,3-4,7-11H2. The summed E-state index contributed by atoms with van der Waals surface area (Å²) in [5.41, 5.74) is 0. The molecule has 1 atom stereocenters. The molecule has 1 fully saturated rings. The largest absolute Gasteiger partial charge is 0.396 e. The van der Waals surface area contributed by atoms with Crippen LogP contribution < -0.4 is 0 Å². The van der Waals surface area contributed by atoms with Crippen molar-refractivity contribution in [3.63, 3.8) is 0 Å². The average molecular weight is 297 g/mol. The molecule has 0 aromatic heterocycles. The quantitative estimate of drug-likeness (QED) is 0.849. The van der Waals surface area contributed by atoms with Crippen LogP contribution in [-0.4, -0.2) is 41.4 Å². The minimum absolute atomic E-state index is 0.0564. The Balaban J connectivity index is 1.84. The van der Waals surface area contributed by atoms with Gasteiger partial charge >= 0.3 is 0 Å². The lowest BCUT2D eigenvalue weighted by atomic mass is 9.95. The third-order valence-corrected chi connectivity index (χ3v) is 4.63. The molecule has 1 unspecified atom stereocenters. The van der Waals surface area contributed by atoms with Gasteiger partial charge in [0.05, 0.1) is 5.75 Å². The first-order valence-electron chi connectivity index (χ1n) is 6.96. The Morgan fingerprint density at radius 2 is 2.25 bits per heavy atom. The molecule has 1 saturated heterocycles. The molecule has 20 heavy (non-hydrogen) atoms. The summed E-state index contributed by atoms with van der Waals surface area (Å²) in [4.78, 5) is 14.5. The lowest BCUT2D eigenvalue weighted by Crippen LogP contribution is -2.41. The van der Waals surface area contributed by atoms with Crippen LogP contribution in [0.5, 0.6) is 0 Å². The highest BCUT2D eigenvalue weighted by molar-refractivity contribution is 8.00. The van der Waals surface area contributed by atoms with Gasteiger partial charge in [0, 0.05) is 24.6 Å². The van der Waals surface area contributed by atoms with Gasteiger partial charge in [-0.1, -0.05) is 12.1 Å². The van der Waals surface area contributed by atoms with Gasteiger partial charge in [-0.3, -0.25) is 4.79 Å². The van der Waals surface area contributed by atoms with Gasteiger partial charge in [-0.2, -0.15) is 0 Å². The third-order valence-electron chi connectivity index (χ3n) is 3.60. The second-order valence-electron chi connectivity index (χ2n) is 5.08. The van der Waals surface area contributed by atoms with Crippen molar-refractivity contribution in [3.8, 4) is 0 Å². The maximum Gasteiger partial charge on any atom is 0.232 e. The Labute approximate surface area is 123 Å². The lowest BCUT2D eigenvalue weighted by molar-refractivity contribution is -0.130. The molecule has 0 bridgehead atoms. The molecule has 0 radical (unpaired) electrons. The number of aliphatic hydroxyl groups excluding tert-OH is 1. The van der Waals surface area contributed by atoms with Crippen LogP contribution in [0.2, 0.25) is 0 Å². The van der Waals surface area contributed by atoms with E-state index in [0.29, 0.717) is 10.8 Å². The predicted octanol–water partition coefficient (Wildman–Crippen LogP) is 2.54. The molecule has 1 aromatic carbocycles. The molecule has 1 aliphatic rings. The Bertz CT molecular complexity index is 453. The fourth-order valence-corrected chi connectivity index (χ4v) is 3.34. The molecule has 1 aromatic rings. The number of aliphatic hydroxyl groups is 1. The van der Waals surface area contributed by atoms with Crippen LogP contribution in [0, 0.1) is 11.7 Å². The molecular weight excluding hydrogens is 277 g/mol. The van der Waals surface area contributed by atoms with E-state index in [4.69, 9.17) is 5.11 Å². The number of thioether (sulfide) groups is 1. The highest BCUT2D eigenvalue weighted by Crippen LogP contribution is 2.24. The number of carbonyl (C=O) groups excluding carboxylic acids is 1. The Hall–Kier alpha value is -1.07. The van der Waals surface area contributed by atoms with Crippen molar-refractivity contribution in [2.24, 2.45) is 5.92 Å². The smallest absolute Gasteiger partial charge is 0.232 e. The van der Waals surface area contributed by atoms with Gasteiger partial charge in [-0.15, -0.1) is 11.8 Å². The fraction of sp³-hybridized carbons (Fsp3) is 0.533. The van der Waals surface area contributed by atoms with E-state index < -0.39 is 0 Å².